The Labute approximate surface area is 169 Å². The molecule has 0 fully saturated rings. The molecule has 6 bridgehead atoms. The molecule has 3 nitrogen and oxygen atoms in total. The van der Waals surface area contributed by atoms with E-state index < -0.39 is 0 Å². The number of aryl methyl sites for hydroxylation is 3. The van der Waals surface area contributed by atoms with Gasteiger partial charge in [-0.15, -0.1) is 0 Å². The van der Waals surface area contributed by atoms with E-state index in [9.17, 15) is 0 Å². The Morgan fingerprint density at radius 2 is 1.28 bits per heavy atom. The van der Waals surface area contributed by atoms with Gasteiger partial charge in [-0.05, 0) is 61.5 Å². The summed E-state index contributed by atoms with van der Waals surface area (Å²) in [5, 5.41) is 2.15. The van der Waals surface area contributed by atoms with E-state index in [0.29, 0.717) is 11.1 Å². The summed E-state index contributed by atoms with van der Waals surface area (Å²) < 4.78 is 12.2. The molecular formula is C26H23NO2. The van der Waals surface area contributed by atoms with Gasteiger partial charge >= 0.3 is 0 Å². The molecule has 0 radical (unpaired) electrons. The Morgan fingerprint density at radius 3 is 2.03 bits per heavy atom. The van der Waals surface area contributed by atoms with E-state index in [1.54, 1.807) is 0 Å². The van der Waals surface area contributed by atoms with Gasteiger partial charge in [0.25, 0.3) is 0 Å². The van der Waals surface area contributed by atoms with Crippen LogP contribution in [0.2, 0.25) is 0 Å². The molecule has 0 unspecified atom stereocenters. The first-order valence-corrected chi connectivity index (χ1v) is 9.59. The van der Waals surface area contributed by atoms with Crippen LogP contribution in [-0.4, -0.2) is 4.98 Å². The molecule has 0 saturated heterocycles. The molecule has 4 aromatic rings. The number of aromatic nitrogens is 1. The normalized spacial score (nSPS) is 10.7. The van der Waals surface area contributed by atoms with Crippen LogP contribution >= 0.6 is 0 Å². The zero-order valence-corrected chi connectivity index (χ0v) is 16.9. The molecule has 2 aromatic heterocycles. The topological polar surface area (TPSA) is 39.2 Å². The van der Waals surface area contributed by atoms with E-state index in [2.05, 4.69) is 38.4 Å². The predicted octanol–water partition coefficient (Wildman–Crippen LogP) is 6.59. The summed E-state index contributed by atoms with van der Waals surface area (Å²) in [7, 11) is 0. The van der Waals surface area contributed by atoms with Crippen molar-refractivity contribution in [3.63, 3.8) is 0 Å². The number of benzene rings is 2. The molecule has 3 heteroatoms. The summed E-state index contributed by atoms with van der Waals surface area (Å²) in [5.41, 5.74) is 6.80. The molecular weight excluding hydrogens is 358 g/mol. The number of nitrogens with zero attached hydrogens (tertiary/aromatic N) is 1. The highest BCUT2D eigenvalue weighted by atomic mass is 16.3. The number of fused-ring (bicyclic) bond motifs is 7. The SMILES string of the molecule is C=c1cccc(C)c2cccc(oc3cccc(c3C)c3cccc(n3)o1)c2C. The first-order valence-electron chi connectivity index (χ1n) is 9.59. The average Bonchev–Trinajstić information content (AvgIpc) is 2.70. The van der Waals surface area contributed by atoms with Gasteiger partial charge in [0.15, 0.2) is 0 Å². The lowest BCUT2D eigenvalue weighted by Crippen LogP contribution is -1.91. The quantitative estimate of drug-likeness (QED) is 0.345. The summed E-state index contributed by atoms with van der Waals surface area (Å²) in [6.07, 6.45) is 0. The van der Waals surface area contributed by atoms with Gasteiger partial charge in [0.1, 0.15) is 16.6 Å². The van der Waals surface area contributed by atoms with Crippen molar-refractivity contribution in [1.29, 1.82) is 0 Å². The summed E-state index contributed by atoms with van der Waals surface area (Å²) >= 11 is 0. The monoisotopic (exact) mass is 381 g/mol. The molecule has 29 heavy (non-hydrogen) atoms. The summed E-state index contributed by atoms with van der Waals surface area (Å²) in [4.78, 5) is 4.66. The second kappa shape index (κ2) is 7.80. The smallest absolute Gasteiger partial charge is 0.219 e. The van der Waals surface area contributed by atoms with Gasteiger partial charge in [-0.1, -0.05) is 49.0 Å². The molecule has 4 rings (SSSR count). The number of hydrogen-bond acceptors (Lipinski definition) is 3. The van der Waals surface area contributed by atoms with Gasteiger partial charge in [0.2, 0.25) is 5.71 Å². The van der Waals surface area contributed by atoms with Crippen molar-refractivity contribution in [3.05, 3.63) is 94.9 Å². The highest BCUT2D eigenvalue weighted by Gasteiger charge is 2.02. The summed E-state index contributed by atoms with van der Waals surface area (Å²) in [5.74, 6) is 0. The van der Waals surface area contributed by atoms with Crippen LogP contribution < -0.4 is 5.42 Å². The average molecular weight is 381 g/mol. The van der Waals surface area contributed by atoms with E-state index in [-0.39, 0.29) is 0 Å². The Balaban J connectivity index is 2.25. The molecule has 0 aliphatic carbocycles. The van der Waals surface area contributed by atoms with Crippen LogP contribution in [0, 0.1) is 20.8 Å². The maximum Gasteiger partial charge on any atom is 0.219 e. The molecule has 0 saturated carbocycles. The van der Waals surface area contributed by atoms with E-state index in [1.165, 1.54) is 0 Å². The molecule has 0 aliphatic heterocycles. The van der Waals surface area contributed by atoms with Crippen LogP contribution in [0.4, 0.5) is 0 Å². The van der Waals surface area contributed by atoms with Crippen LogP contribution in [0.15, 0.2) is 81.6 Å². The third kappa shape index (κ3) is 3.85. The second-order valence-electron chi connectivity index (χ2n) is 7.10. The third-order valence-electron chi connectivity index (χ3n) is 5.08. The standard InChI is InChI=1S/C26H23NO2/c1-17-9-5-10-18(2)28-26-16-8-13-23(27-26)22-12-7-15-25(20(22)4)29-24-14-6-11-21(17)19(24)3/h5-16H,2H2,1,3-4H3. The molecule has 2 aromatic carbocycles. The molecule has 0 spiro atoms. The van der Waals surface area contributed by atoms with Gasteiger partial charge < -0.3 is 8.83 Å². The Hall–Kier alpha value is -3.59. The minimum Gasteiger partial charge on any atom is -0.457 e. The molecule has 0 amide bonds. The van der Waals surface area contributed by atoms with Crippen LogP contribution in [0.1, 0.15) is 16.7 Å². The van der Waals surface area contributed by atoms with E-state index in [0.717, 1.165) is 44.1 Å². The first-order chi connectivity index (χ1) is 14.0. The van der Waals surface area contributed by atoms with Crippen molar-refractivity contribution in [3.8, 4) is 0 Å². The van der Waals surface area contributed by atoms with Crippen LogP contribution in [0.5, 0.6) is 0 Å². The maximum atomic E-state index is 6.34. The molecule has 0 N–H and O–H groups in total. The number of pyridine rings is 1. The Bertz CT molecular complexity index is 1410. The van der Waals surface area contributed by atoms with Crippen molar-refractivity contribution in [1.82, 2.24) is 4.98 Å². The lowest BCUT2D eigenvalue weighted by molar-refractivity contribution is 0.557. The molecule has 0 aliphatic rings. The van der Waals surface area contributed by atoms with Crippen molar-refractivity contribution in [2.24, 2.45) is 0 Å². The van der Waals surface area contributed by atoms with Gasteiger partial charge in [-0.2, -0.15) is 0 Å². The minimum atomic E-state index is 0.511. The highest BCUT2D eigenvalue weighted by Crippen LogP contribution is 2.23. The first kappa shape index (κ1) is 18.8. The number of hydrogen-bond donors (Lipinski definition) is 0. The van der Waals surface area contributed by atoms with Gasteiger partial charge in [-0.3, -0.25) is 0 Å². The Morgan fingerprint density at radius 1 is 0.655 bits per heavy atom. The van der Waals surface area contributed by atoms with Gasteiger partial charge in [0.05, 0.1) is 5.52 Å². The van der Waals surface area contributed by atoms with Crippen LogP contribution in [0.25, 0.3) is 39.7 Å². The maximum absolute atomic E-state index is 6.34. The zero-order chi connectivity index (χ0) is 20.4. The fourth-order valence-corrected chi connectivity index (χ4v) is 3.45. The zero-order valence-electron chi connectivity index (χ0n) is 16.9. The van der Waals surface area contributed by atoms with E-state index >= 15 is 0 Å². The lowest BCUT2D eigenvalue weighted by atomic mass is 10.1. The Kier molecular flexibility index (Phi) is 5.05. The fourth-order valence-electron chi connectivity index (χ4n) is 3.45. The van der Waals surface area contributed by atoms with Crippen LogP contribution in [-0.2, 0) is 0 Å². The molecule has 2 heterocycles. The lowest BCUT2D eigenvalue weighted by Gasteiger charge is -2.04. The molecule has 0 atom stereocenters. The van der Waals surface area contributed by atoms with Crippen LogP contribution in [0.3, 0.4) is 0 Å². The van der Waals surface area contributed by atoms with Crippen molar-refractivity contribution < 1.29 is 8.83 Å². The van der Waals surface area contributed by atoms with E-state index in [4.69, 9.17) is 8.83 Å². The van der Waals surface area contributed by atoms with Crippen molar-refractivity contribution in [2.45, 2.75) is 20.8 Å². The minimum absolute atomic E-state index is 0.511. The molecule has 144 valence electrons. The van der Waals surface area contributed by atoms with E-state index in [1.807, 2.05) is 66.7 Å². The van der Waals surface area contributed by atoms with Gasteiger partial charge in [-0.25, -0.2) is 4.98 Å². The summed E-state index contributed by atoms with van der Waals surface area (Å²) in [6, 6.07) is 23.7. The van der Waals surface area contributed by atoms with Gasteiger partial charge in [0, 0.05) is 17.0 Å². The van der Waals surface area contributed by atoms with Crippen molar-refractivity contribution in [2.75, 3.05) is 0 Å². The second-order valence-corrected chi connectivity index (χ2v) is 7.10. The summed E-state index contributed by atoms with van der Waals surface area (Å²) in [6.45, 7) is 10.2. The fraction of sp³-hybridized carbons (Fsp3) is 0.115. The number of rotatable bonds is 0. The highest BCUT2D eigenvalue weighted by molar-refractivity contribution is 5.86. The third-order valence-corrected chi connectivity index (χ3v) is 5.08. The largest absolute Gasteiger partial charge is 0.457 e. The van der Waals surface area contributed by atoms with Crippen molar-refractivity contribution >= 4 is 39.7 Å². The predicted molar refractivity (Wildman–Crippen MR) is 120 cm³/mol.